The third kappa shape index (κ3) is 4.73. The Morgan fingerprint density at radius 1 is 1.13 bits per heavy atom. The number of ketones is 1. The molecule has 0 heterocycles. The number of anilines is 1. The van der Waals surface area contributed by atoms with E-state index in [2.05, 4.69) is 0 Å². The molecule has 0 aliphatic rings. The van der Waals surface area contributed by atoms with Crippen LogP contribution in [0.5, 0.6) is 0 Å². The van der Waals surface area contributed by atoms with Crippen LogP contribution in [0.4, 0.5) is 5.69 Å². The summed E-state index contributed by atoms with van der Waals surface area (Å²) in [6, 6.07) is 13.9. The van der Waals surface area contributed by atoms with Crippen LogP contribution in [0.25, 0.3) is 0 Å². The summed E-state index contributed by atoms with van der Waals surface area (Å²) >= 11 is 7.43. The van der Waals surface area contributed by atoms with Gasteiger partial charge in [-0.2, -0.15) is 0 Å². The molecule has 0 saturated carbocycles. The Labute approximate surface area is 145 Å². The summed E-state index contributed by atoms with van der Waals surface area (Å²) in [5, 5.41) is 0.621. The van der Waals surface area contributed by atoms with Crippen molar-refractivity contribution in [3.05, 3.63) is 59.1 Å². The van der Waals surface area contributed by atoms with Crippen molar-refractivity contribution in [2.75, 3.05) is 23.4 Å². The van der Waals surface area contributed by atoms with E-state index in [1.807, 2.05) is 18.2 Å². The number of nitrogens with zero attached hydrogens (tertiary/aromatic N) is 1. The minimum Gasteiger partial charge on any atom is -0.293 e. The number of sulfonamides is 1. The van der Waals surface area contributed by atoms with E-state index in [0.29, 0.717) is 16.3 Å². The molecule has 4 nitrogen and oxygen atoms in total. The highest BCUT2D eigenvalue weighted by Crippen LogP contribution is 2.27. The Kier molecular flexibility index (Phi) is 5.73. The van der Waals surface area contributed by atoms with Gasteiger partial charge in [-0.15, -0.1) is 11.8 Å². The van der Waals surface area contributed by atoms with Crippen LogP contribution in [0, 0.1) is 0 Å². The molecule has 0 unspecified atom stereocenters. The van der Waals surface area contributed by atoms with E-state index in [9.17, 15) is 13.2 Å². The summed E-state index contributed by atoms with van der Waals surface area (Å²) in [6.07, 6.45) is 1.13. The number of carbonyl (C=O) groups is 1. The Hall–Kier alpha value is -1.50. The maximum Gasteiger partial charge on any atom is 0.231 e. The van der Waals surface area contributed by atoms with E-state index >= 15 is 0 Å². The molecule has 122 valence electrons. The highest BCUT2D eigenvalue weighted by atomic mass is 35.5. The van der Waals surface area contributed by atoms with Crippen LogP contribution < -0.4 is 4.31 Å². The van der Waals surface area contributed by atoms with Crippen LogP contribution in [0.15, 0.2) is 53.4 Å². The van der Waals surface area contributed by atoms with E-state index in [1.165, 1.54) is 23.1 Å². The number of carbonyl (C=O) groups excluding carboxylic acids is 1. The van der Waals surface area contributed by atoms with E-state index < -0.39 is 10.0 Å². The zero-order chi connectivity index (χ0) is 17.0. The Bertz CT molecular complexity index is 804. The lowest BCUT2D eigenvalue weighted by Crippen LogP contribution is -2.24. The predicted octanol–water partition coefficient (Wildman–Crippen LogP) is 3.71. The first-order valence-electron chi connectivity index (χ1n) is 6.73. The lowest BCUT2D eigenvalue weighted by Gasteiger charge is -2.16. The monoisotopic (exact) mass is 369 g/mol. The van der Waals surface area contributed by atoms with Crippen LogP contribution >= 0.6 is 23.4 Å². The first-order valence-corrected chi connectivity index (χ1v) is 9.95. The van der Waals surface area contributed by atoms with Gasteiger partial charge in [0.25, 0.3) is 0 Å². The SMILES string of the molecule is CN(c1ccc(C(=O)CSc2ccccc2Cl)cc1)S(C)(=O)=O. The molecule has 7 heteroatoms. The first-order chi connectivity index (χ1) is 10.8. The van der Waals surface area contributed by atoms with Gasteiger partial charge in [-0.3, -0.25) is 9.10 Å². The van der Waals surface area contributed by atoms with Gasteiger partial charge in [-0.05, 0) is 36.4 Å². The zero-order valence-electron chi connectivity index (χ0n) is 12.7. The number of rotatable bonds is 6. The molecule has 2 aromatic carbocycles. The molecule has 0 aromatic heterocycles. The quantitative estimate of drug-likeness (QED) is 0.575. The van der Waals surface area contributed by atoms with Crippen molar-refractivity contribution >= 4 is 44.9 Å². The minimum absolute atomic E-state index is 0.0384. The van der Waals surface area contributed by atoms with Crippen LogP contribution in [0.1, 0.15) is 10.4 Å². The van der Waals surface area contributed by atoms with Gasteiger partial charge in [0.1, 0.15) is 0 Å². The molecular formula is C16H16ClNO3S2. The summed E-state index contributed by atoms with van der Waals surface area (Å²) in [5.41, 5.74) is 1.05. The number of hydrogen-bond donors (Lipinski definition) is 0. The maximum absolute atomic E-state index is 12.2. The second kappa shape index (κ2) is 7.38. The summed E-state index contributed by atoms with van der Waals surface area (Å²) < 4.78 is 24.1. The van der Waals surface area contributed by atoms with Crippen molar-refractivity contribution in [1.82, 2.24) is 0 Å². The molecule has 0 saturated heterocycles. The standard InChI is InChI=1S/C16H16ClNO3S2/c1-18(23(2,20)21)13-9-7-12(8-10-13)15(19)11-22-16-6-4-3-5-14(16)17/h3-10H,11H2,1-2H3. The third-order valence-electron chi connectivity index (χ3n) is 3.25. The smallest absolute Gasteiger partial charge is 0.231 e. The van der Waals surface area contributed by atoms with Gasteiger partial charge >= 0.3 is 0 Å². The Balaban J connectivity index is 2.05. The molecule has 0 amide bonds. The molecule has 0 N–H and O–H groups in total. The van der Waals surface area contributed by atoms with Crippen LogP contribution in [-0.2, 0) is 10.0 Å². The number of benzene rings is 2. The van der Waals surface area contributed by atoms with Crippen molar-refractivity contribution in [2.24, 2.45) is 0 Å². The highest BCUT2D eigenvalue weighted by Gasteiger charge is 2.13. The molecule has 23 heavy (non-hydrogen) atoms. The van der Waals surface area contributed by atoms with E-state index in [0.717, 1.165) is 11.2 Å². The molecule has 0 aliphatic heterocycles. The Morgan fingerprint density at radius 2 is 1.74 bits per heavy atom. The van der Waals surface area contributed by atoms with Gasteiger partial charge in [0, 0.05) is 17.5 Å². The lowest BCUT2D eigenvalue weighted by molar-refractivity contribution is 0.102. The minimum atomic E-state index is -3.31. The van der Waals surface area contributed by atoms with Gasteiger partial charge < -0.3 is 0 Å². The zero-order valence-corrected chi connectivity index (χ0v) is 15.1. The van der Waals surface area contributed by atoms with Crippen molar-refractivity contribution in [3.63, 3.8) is 0 Å². The molecule has 0 aliphatic carbocycles. The second-order valence-electron chi connectivity index (χ2n) is 4.92. The largest absolute Gasteiger partial charge is 0.293 e. The van der Waals surface area contributed by atoms with Crippen molar-refractivity contribution in [1.29, 1.82) is 0 Å². The van der Waals surface area contributed by atoms with Crippen LogP contribution in [-0.4, -0.2) is 33.3 Å². The van der Waals surface area contributed by atoms with Crippen molar-refractivity contribution in [3.8, 4) is 0 Å². The topological polar surface area (TPSA) is 54.5 Å². The molecule has 0 fully saturated rings. The fourth-order valence-electron chi connectivity index (χ4n) is 1.84. The fourth-order valence-corrected chi connectivity index (χ4v) is 3.48. The van der Waals surface area contributed by atoms with Crippen LogP contribution in [0.3, 0.4) is 0 Å². The highest BCUT2D eigenvalue weighted by molar-refractivity contribution is 8.00. The fraction of sp³-hybridized carbons (Fsp3) is 0.188. The molecule has 0 spiro atoms. The van der Waals surface area contributed by atoms with Gasteiger partial charge in [0.15, 0.2) is 5.78 Å². The summed E-state index contributed by atoms with van der Waals surface area (Å²) in [5.74, 6) is 0.230. The van der Waals surface area contributed by atoms with Gasteiger partial charge in [-0.25, -0.2) is 8.42 Å². The van der Waals surface area contributed by atoms with E-state index in [-0.39, 0.29) is 11.5 Å². The molecular weight excluding hydrogens is 354 g/mol. The normalized spacial score (nSPS) is 11.3. The number of thioether (sulfide) groups is 1. The average molecular weight is 370 g/mol. The summed E-state index contributed by atoms with van der Waals surface area (Å²) in [7, 11) is -1.84. The number of halogens is 1. The molecule has 2 aromatic rings. The summed E-state index contributed by atoms with van der Waals surface area (Å²) in [6.45, 7) is 0. The van der Waals surface area contributed by atoms with Gasteiger partial charge in [0.2, 0.25) is 10.0 Å². The predicted molar refractivity (Wildman–Crippen MR) is 96.2 cm³/mol. The van der Waals surface area contributed by atoms with Crippen LogP contribution in [0.2, 0.25) is 5.02 Å². The van der Waals surface area contributed by atoms with Gasteiger partial charge in [-0.1, -0.05) is 23.7 Å². The van der Waals surface area contributed by atoms with Crippen molar-refractivity contribution in [2.45, 2.75) is 4.90 Å². The molecule has 0 atom stereocenters. The average Bonchev–Trinajstić information content (AvgIpc) is 2.52. The molecule has 0 bridgehead atoms. The van der Waals surface area contributed by atoms with E-state index in [1.54, 1.807) is 30.3 Å². The number of Topliss-reactive ketones (excluding diaryl/α,β-unsaturated/α-hetero) is 1. The van der Waals surface area contributed by atoms with Gasteiger partial charge in [0.05, 0.1) is 22.7 Å². The lowest BCUT2D eigenvalue weighted by atomic mass is 10.1. The number of hydrogen-bond acceptors (Lipinski definition) is 4. The second-order valence-corrected chi connectivity index (χ2v) is 8.36. The molecule has 0 radical (unpaired) electrons. The molecule has 2 rings (SSSR count). The third-order valence-corrected chi connectivity index (χ3v) is 5.97. The Morgan fingerprint density at radius 3 is 2.30 bits per heavy atom. The maximum atomic E-state index is 12.2. The summed E-state index contributed by atoms with van der Waals surface area (Å²) in [4.78, 5) is 13.1. The van der Waals surface area contributed by atoms with Crippen molar-refractivity contribution < 1.29 is 13.2 Å². The first kappa shape index (κ1) is 17.8. The van der Waals surface area contributed by atoms with E-state index in [4.69, 9.17) is 11.6 Å².